The Hall–Kier alpha value is -2.86. The van der Waals surface area contributed by atoms with Gasteiger partial charge in [-0.05, 0) is 0 Å². The van der Waals surface area contributed by atoms with Crippen LogP contribution in [0.15, 0.2) is 34.0 Å². The van der Waals surface area contributed by atoms with E-state index in [-0.39, 0.29) is 9.98 Å². The van der Waals surface area contributed by atoms with Gasteiger partial charge in [0.2, 0.25) is 11.8 Å². The molecule has 0 unspecified atom stereocenters. The number of carbonyl (C=O) groups is 2. The van der Waals surface area contributed by atoms with Gasteiger partial charge in [-0.25, -0.2) is 9.97 Å². The van der Waals surface area contributed by atoms with Crippen molar-refractivity contribution < 1.29 is 18.4 Å². The maximum absolute atomic E-state index is 11.9. The summed E-state index contributed by atoms with van der Waals surface area (Å²) in [6.45, 7) is 0. The largest absolute Gasteiger partial charge is 0.441 e. The lowest BCUT2D eigenvalue weighted by molar-refractivity contribution is -0.132. The average Bonchev–Trinajstić information content (AvgIpc) is 3.26. The molecule has 0 aliphatic carbocycles. The molecule has 12 heteroatoms. The number of oxazole rings is 2. The van der Waals surface area contributed by atoms with E-state index in [1.54, 1.807) is 0 Å². The third-order valence-corrected chi connectivity index (χ3v) is 3.75. The second-order valence-electron chi connectivity index (χ2n) is 4.71. The van der Waals surface area contributed by atoms with E-state index in [4.69, 9.17) is 33.3 Å². The fourth-order valence-corrected chi connectivity index (χ4v) is 1.97. The van der Waals surface area contributed by atoms with Gasteiger partial charge in [-0.3, -0.25) is 30.5 Å². The lowest BCUT2D eigenvalue weighted by Crippen LogP contribution is -2.47. The van der Waals surface area contributed by atoms with Crippen LogP contribution in [0.25, 0.3) is 0 Å². The summed E-state index contributed by atoms with van der Waals surface area (Å²) < 4.78 is 10.1. The Morgan fingerprint density at radius 3 is 1.68 bits per heavy atom. The van der Waals surface area contributed by atoms with Crippen molar-refractivity contribution in [2.45, 2.75) is 6.42 Å². The molecule has 0 aliphatic heterocycles. The number of nitrogens with one attached hydrogen (secondary N) is 2. The zero-order valence-electron chi connectivity index (χ0n) is 13.3. The van der Waals surface area contributed by atoms with Crippen LogP contribution in [-0.4, -0.2) is 55.9 Å². The molecule has 2 rings (SSSR count). The highest BCUT2D eigenvalue weighted by molar-refractivity contribution is 7.80. The smallest absolute Gasteiger partial charge is 0.248 e. The molecule has 0 saturated carbocycles. The number of hydrogen-bond acceptors (Lipinski definition) is 8. The summed E-state index contributed by atoms with van der Waals surface area (Å²) in [5.74, 6) is -0.500. The highest BCUT2D eigenvalue weighted by Gasteiger charge is 2.18. The molecule has 2 N–H and O–H groups in total. The Bertz CT molecular complexity index is 697. The second kappa shape index (κ2) is 8.30. The third kappa shape index (κ3) is 5.06. The van der Waals surface area contributed by atoms with Gasteiger partial charge in [0.15, 0.2) is 34.3 Å². The molecular weight excluding hydrogens is 368 g/mol. The topological polar surface area (TPSA) is 117 Å². The van der Waals surface area contributed by atoms with Crippen LogP contribution < -0.4 is 10.9 Å². The van der Waals surface area contributed by atoms with Gasteiger partial charge in [0.1, 0.15) is 6.42 Å². The van der Waals surface area contributed by atoms with Crippen molar-refractivity contribution in [1.29, 1.82) is 0 Å². The van der Waals surface area contributed by atoms with E-state index in [9.17, 15) is 9.59 Å². The van der Waals surface area contributed by atoms with E-state index in [2.05, 4.69) is 20.8 Å². The first kappa shape index (κ1) is 18.5. The van der Waals surface area contributed by atoms with Crippen LogP contribution in [0.5, 0.6) is 0 Å². The molecule has 0 aliphatic rings. The SMILES string of the molecule is CN(NC(=O)CC(=O)NN(C)C(=S)c1cnco1)C(=S)c1cnco1. The van der Waals surface area contributed by atoms with Gasteiger partial charge in [-0.15, -0.1) is 0 Å². The lowest BCUT2D eigenvalue weighted by Gasteiger charge is -2.21. The maximum atomic E-state index is 11.9. The molecule has 0 saturated heterocycles. The van der Waals surface area contributed by atoms with Crippen LogP contribution in [0.4, 0.5) is 0 Å². The Kier molecular flexibility index (Phi) is 6.14. The summed E-state index contributed by atoms with van der Waals surface area (Å²) in [6, 6.07) is 0. The van der Waals surface area contributed by atoms with Crippen LogP contribution in [0.2, 0.25) is 0 Å². The minimum absolute atomic E-state index is 0.217. The van der Waals surface area contributed by atoms with Gasteiger partial charge in [0.05, 0.1) is 12.4 Å². The number of rotatable bonds is 4. The predicted octanol–water partition coefficient (Wildman–Crippen LogP) is 0.0299. The van der Waals surface area contributed by atoms with Crippen LogP contribution in [0, 0.1) is 0 Å². The van der Waals surface area contributed by atoms with Gasteiger partial charge in [-0.1, -0.05) is 24.4 Å². The van der Waals surface area contributed by atoms with Crippen molar-refractivity contribution >= 4 is 46.2 Å². The summed E-state index contributed by atoms with van der Waals surface area (Å²) in [7, 11) is 3.04. The molecule has 2 aromatic heterocycles. The molecule has 2 aromatic rings. The average molecular weight is 382 g/mol. The summed E-state index contributed by atoms with van der Waals surface area (Å²) in [5.41, 5.74) is 4.91. The molecule has 0 bridgehead atoms. The molecule has 10 nitrogen and oxygen atoms in total. The van der Waals surface area contributed by atoms with Crippen molar-refractivity contribution in [3.05, 3.63) is 36.7 Å². The van der Waals surface area contributed by atoms with Crippen LogP contribution in [0.3, 0.4) is 0 Å². The molecule has 0 spiro atoms. The fourth-order valence-electron chi connectivity index (χ4n) is 1.67. The molecule has 0 radical (unpaired) electrons. The number of thiocarbonyl (C=S) groups is 2. The fraction of sp³-hybridized carbons (Fsp3) is 0.231. The number of aromatic nitrogens is 2. The lowest BCUT2D eigenvalue weighted by atomic mass is 10.4. The van der Waals surface area contributed by atoms with Crippen molar-refractivity contribution in [1.82, 2.24) is 30.8 Å². The van der Waals surface area contributed by atoms with Crippen molar-refractivity contribution in [2.24, 2.45) is 0 Å². The van der Waals surface area contributed by atoms with Crippen molar-refractivity contribution in [2.75, 3.05) is 14.1 Å². The van der Waals surface area contributed by atoms with E-state index < -0.39 is 18.2 Å². The van der Waals surface area contributed by atoms with E-state index in [0.29, 0.717) is 11.5 Å². The molecule has 2 amide bonds. The quantitative estimate of drug-likeness (QED) is 0.426. The first-order chi connectivity index (χ1) is 11.9. The van der Waals surface area contributed by atoms with Crippen LogP contribution in [0.1, 0.15) is 17.9 Å². The van der Waals surface area contributed by atoms with Gasteiger partial charge in [0, 0.05) is 14.1 Å². The molecular formula is C13H14N6O4S2. The van der Waals surface area contributed by atoms with Gasteiger partial charge in [0.25, 0.3) is 0 Å². The number of carbonyl (C=O) groups excluding carboxylic acids is 2. The molecule has 132 valence electrons. The first-order valence-electron chi connectivity index (χ1n) is 6.80. The minimum atomic E-state index is -0.569. The Balaban J connectivity index is 1.80. The van der Waals surface area contributed by atoms with E-state index in [0.717, 1.165) is 0 Å². The van der Waals surface area contributed by atoms with Crippen molar-refractivity contribution in [3.8, 4) is 0 Å². The summed E-state index contributed by atoms with van der Waals surface area (Å²) in [6.07, 6.45) is 4.83. The number of hydrogen-bond donors (Lipinski definition) is 2. The summed E-state index contributed by atoms with van der Waals surface area (Å²) in [5, 5.41) is 2.52. The third-order valence-electron chi connectivity index (χ3n) is 2.80. The van der Waals surface area contributed by atoms with Crippen molar-refractivity contribution in [3.63, 3.8) is 0 Å². The monoisotopic (exact) mass is 382 g/mol. The summed E-state index contributed by atoms with van der Waals surface area (Å²) >= 11 is 10.2. The van der Waals surface area contributed by atoms with Crippen LogP contribution >= 0.6 is 24.4 Å². The maximum Gasteiger partial charge on any atom is 0.248 e. The zero-order valence-corrected chi connectivity index (χ0v) is 14.9. The number of nitrogens with zero attached hydrogens (tertiary/aromatic N) is 4. The van der Waals surface area contributed by atoms with Crippen LogP contribution in [-0.2, 0) is 9.59 Å². The highest BCUT2D eigenvalue weighted by Crippen LogP contribution is 2.03. The molecule has 0 aromatic carbocycles. The number of hydrazine groups is 2. The first-order valence-corrected chi connectivity index (χ1v) is 7.62. The zero-order chi connectivity index (χ0) is 18.4. The Morgan fingerprint density at radius 2 is 1.36 bits per heavy atom. The molecule has 25 heavy (non-hydrogen) atoms. The molecule has 2 heterocycles. The highest BCUT2D eigenvalue weighted by atomic mass is 32.1. The van der Waals surface area contributed by atoms with E-state index in [1.807, 2.05) is 0 Å². The predicted molar refractivity (Wildman–Crippen MR) is 92.8 cm³/mol. The minimum Gasteiger partial charge on any atom is -0.441 e. The second-order valence-corrected chi connectivity index (χ2v) is 5.48. The van der Waals surface area contributed by atoms with E-state index in [1.165, 1.54) is 49.3 Å². The molecule has 0 fully saturated rings. The van der Waals surface area contributed by atoms with Gasteiger partial charge < -0.3 is 8.83 Å². The standard InChI is InChI=1S/C13H14N6O4S2/c1-18(12(24)8-4-14-6-22-8)16-10(20)3-11(21)17-19(2)13(25)9-5-15-7-23-9/h4-7H,3H2,1-2H3,(H,16,20)(H,17,21). The summed E-state index contributed by atoms with van der Waals surface area (Å²) in [4.78, 5) is 31.7. The van der Waals surface area contributed by atoms with Gasteiger partial charge >= 0.3 is 0 Å². The molecule has 0 atom stereocenters. The van der Waals surface area contributed by atoms with E-state index >= 15 is 0 Å². The Morgan fingerprint density at radius 1 is 0.960 bits per heavy atom. The normalized spacial score (nSPS) is 10.0. The van der Waals surface area contributed by atoms with Gasteiger partial charge in [-0.2, -0.15) is 0 Å². The Labute approximate surface area is 153 Å². The number of amides is 2.